The lowest BCUT2D eigenvalue weighted by atomic mass is 10.0. The number of rotatable bonds is 6. The van der Waals surface area contributed by atoms with Crippen molar-refractivity contribution in [1.82, 2.24) is 18.8 Å². The van der Waals surface area contributed by atoms with Crippen LogP contribution in [0.1, 0.15) is 35.7 Å². The van der Waals surface area contributed by atoms with E-state index in [2.05, 4.69) is 18.8 Å². The van der Waals surface area contributed by atoms with E-state index in [1.54, 1.807) is 29.3 Å². The third-order valence-electron chi connectivity index (χ3n) is 5.87. The molecule has 0 saturated carbocycles. The zero-order chi connectivity index (χ0) is 23.6. The van der Waals surface area contributed by atoms with Crippen LogP contribution in [0.15, 0.2) is 71.0 Å². The molecule has 1 aliphatic heterocycles. The molecule has 33 heavy (non-hydrogen) atoms. The summed E-state index contributed by atoms with van der Waals surface area (Å²) in [4.78, 5) is 19.5. The molecule has 1 saturated heterocycles. The first-order chi connectivity index (χ1) is 15.8. The Morgan fingerprint density at radius 1 is 1.03 bits per heavy atom. The van der Waals surface area contributed by atoms with E-state index in [1.807, 2.05) is 47.4 Å². The smallest absolute Gasteiger partial charge is 0.254 e. The van der Waals surface area contributed by atoms with Gasteiger partial charge in [-0.05, 0) is 48.1 Å². The quantitative estimate of drug-likeness (QED) is 0.497. The predicted octanol–water partition coefficient (Wildman–Crippen LogP) is 3.86. The molecule has 1 aromatic heterocycles. The van der Waals surface area contributed by atoms with Crippen LogP contribution >= 0.6 is 11.8 Å². The van der Waals surface area contributed by atoms with Gasteiger partial charge in [0.2, 0.25) is 10.0 Å². The predicted molar refractivity (Wildman–Crippen MR) is 131 cm³/mol. The maximum absolute atomic E-state index is 13.1. The number of imidazole rings is 1. The molecule has 0 spiro atoms. The summed E-state index contributed by atoms with van der Waals surface area (Å²) in [5.74, 6) is 0.247. The third-order valence-corrected chi connectivity index (χ3v) is 8.45. The highest BCUT2D eigenvalue weighted by atomic mass is 32.2. The second kappa shape index (κ2) is 9.70. The summed E-state index contributed by atoms with van der Waals surface area (Å²) in [5.41, 5.74) is 2.55. The molecule has 0 N–H and O–H groups in total. The van der Waals surface area contributed by atoms with E-state index in [0.29, 0.717) is 29.5 Å². The van der Waals surface area contributed by atoms with Gasteiger partial charge in [-0.2, -0.15) is 4.31 Å². The molecule has 7 nitrogen and oxygen atoms in total. The number of benzene rings is 2. The van der Waals surface area contributed by atoms with Crippen molar-refractivity contribution in [3.05, 3.63) is 72.1 Å². The van der Waals surface area contributed by atoms with Crippen molar-refractivity contribution in [3.8, 4) is 5.69 Å². The zero-order valence-electron chi connectivity index (χ0n) is 19.0. The Bertz CT molecular complexity index is 1230. The summed E-state index contributed by atoms with van der Waals surface area (Å²) in [6.07, 6.45) is 5.56. The first-order valence-corrected chi connectivity index (χ1v) is 13.5. The van der Waals surface area contributed by atoms with Crippen molar-refractivity contribution in [2.24, 2.45) is 0 Å². The van der Waals surface area contributed by atoms with Gasteiger partial charge >= 0.3 is 0 Å². The lowest BCUT2D eigenvalue weighted by molar-refractivity contribution is 0.0698. The second-order valence-corrected chi connectivity index (χ2v) is 11.0. The summed E-state index contributed by atoms with van der Waals surface area (Å²) in [7, 11) is -3.58. The van der Waals surface area contributed by atoms with E-state index in [9.17, 15) is 13.2 Å². The highest BCUT2D eigenvalue weighted by Crippen LogP contribution is 2.23. The minimum atomic E-state index is -3.58. The molecule has 0 unspecified atom stereocenters. The summed E-state index contributed by atoms with van der Waals surface area (Å²) in [6, 6.07) is 14.5. The van der Waals surface area contributed by atoms with E-state index in [-0.39, 0.29) is 19.0 Å². The Hall–Kier alpha value is -2.62. The molecule has 1 fully saturated rings. The maximum atomic E-state index is 13.1. The fourth-order valence-electron chi connectivity index (χ4n) is 3.91. The normalized spacial score (nSPS) is 15.2. The molecule has 0 atom stereocenters. The van der Waals surface area contributed by atoms with Crippen LogP contribution in [-0.4, -0.2) is 65.5 Å². The van der Waals surface area contributed by atoms with Crippen LogP contribution in [0.3, 0.4) is 0 Å². The molecule has 2 heterocycles. The molecule has 9 heteroatoms. The maximum Gasteiger partial charge on any atom is 0.254 e. The zero-order valence-corrected chi connectivity index (χ0v) is 20.6. The number of hydrogen-bond donors (Lipinski definition) is 0. The Labute approximate surface area is 199 Å². The van der Waals surface area contributed by atoms with Gasteiger partial charge < -0.3 is 4.90 Å². The van der Waals surface area contributed by atoms with Crippen molar-refractivity contribution < 1.29 is 13.2 Å². The summed E-state index contributed by atoms with van der Waals surface area (Å²) >= 11 is 1.54. The highest BCUT2D eigenvalue weighted by molar-refractivity contribution is 7.98. The summed E-state index contributed by atoms with van der Waals surface area (Å²) < 4.78 is 29.5. The van der Waals surface area contributed by atoms with Gasteiger partial charge in [-0.15, -0.1) is 0 Å². The van der Waals surface area contributed by atoms with Gasteiger partial charge in [0.15, 0.2) is 5.16 Å². The van der Waals surface area contributed by atoms with Gasteiger partial charge in [-0.3, -0.25) is 9.36 Å². The molecule has 2 aromatic carbocycles. The number of sulfonamides is 1. The van der Waals surface area contributed by atoms with Crippen LogP contribution in [-0.2, 0) is 10.0 Å². The SMILES string of the molecule is CSc1nccn1-c1cccc(C(=O)N2CCN(S(=O)(=O)c3ccc(C(C)C)cc3)CC2)c1. The van der Waals surface area contributed by atoms with E-state index in [4.69, 9.17) is 0 Å². The average molecular weight is 485 g/mol. The summed E-state index contributed by atoms with van der Waals surface area (Å²) in [5, 5.41) is 0.847. The Balaban J connectivity index is 1.44. The van der Waals surface area contributed by atoms with Crippen LogP contribution in [0.25, 0.3) is 5.69 Å². The standard InChI is InChI=1S/C24H28N4O3S2/c1-18(2)19-7-9-22(10-8-19)33(30,31)27-15-13-26(14-16-27)23(29)20-5-4-6-21(17-20)28-12-11-25-24(28)32-3/h4-12,17-18H,13-16H2,1-3H3. The fourth-order valence-corrected chi connectivity index (χ4v) is 5.87. The lowest BCUT2D eigenvalue weighted by Crippen LogP contribution is -2.50. The van der Waals surface area contributed by atoms with Crippen molar-refractivity contribution >= 4 is 27.7 Å². The number of carbonyl (C=O) groups is 1. The molecule has 0 bridgehead atoms. The minimum absolute atomic E-state index is 0.0963. The average Bonchev–Trinajstić information content (AvgIpc) is 3.33. The Kier molecular flexibility index (Phi) is 6.92. The van der Waals surface area contributed by atoms with Gasteiger partial charge in [-0.1, -0.05) is 43.8 Å². The number of amides is 1. The van der Waals surface area contributed by atoms with Crippen molar-refractivity contribution in [2.45, 2.75) is 29.8 Å². The fraction of sp³-hybridized carbons (Fsp3) is 0.333. The molecule has 174 valence electrons. The van der Waals surface area contributed by atoms with Gasteiger partial charge in [0, 0.05) is 49.8 Å². The number of thioether (sulfide) groups is 1. The lowest BCUT2D eigenvalue weighted by Gasteiger charge is -2.34. The third kappa shape index (κ3) is 4.85. The molecule has 4 rings (SSSR count). The van der Waals surface area contributed by atoms with Crippen molar-refractivity contribution in [3.63, 3.8) is 0 Å². The molecule has 3 aromatic rings. The molecular formula is C24H28N4O3S2. The molecular weight excluding hydrogens is 456 g/mol. The number of nitrogens with zero attached hydrogens (tertiary/aromatic N) is 4. The number of carbonyl (C=O) groups excluding carboxylic acids is 1. The Morgan fingerprint density at radius 3 is 2.36 bits per heavy atom. The van der Waals surface area contributed by atoms with E-state index in [1.165, 1.54) is 16.1 Å². The number of hydrogen-bond acceptors (Lipinski definition) is 5. The van der Waals surface area contributed by atoms with Gasteiger partial charge in [0.25, 0.3) is 5.91 Å². The largest absolute Gasteiger partial charge is 0.336 e. The molecule has 1 aliphatic rings. The molecule has 0 radical (unpaired) electrons. The minimum Gasteiger partial charge on any atom is -0.336 e. The van der Waals surface area contributed by atoms with E-state index in [0.717, 1.165) is 16.4 Å². The van der Waals surface area contributed by atoms with Crippen LogP contribution in [0.4, 0.5) is 0 Å². The number of piperazine rings is 1. The van der Waals surface area contributed by atoms with Crippen molar-refractivity contribution in [2.75, 3.05) is 32.4 Å². The van der Waals surface area contributed by atoms with Crippen LogP contribution in [0.2, 0.25) is 0 Å². The monoisotopic (exact) mass is 484 g/mol. The van der Waals surface area contributed by atoms with Crippen LogP contribution in [0, 0.1) is 0 Å². The molecule has 0 aliphatic carbocycles. The molecule has 1 amide bonds. The van der Waals surface area contributed by atoms with Gasteiger partial charge in [0.1, 0.15) is 0 Å². The van der Waals surface area contributed by atoms with Gasteiger partial charge in [-0.25, -0.2) is 13.4 Å². The van der Waals surface area contributed by atoms with Crippen molar-refractivity contribution in [1.29, 1.82) is 0 Å². The van der Waals surface area contributed by atoms with Crippen LogP contribution < -0.4 is 0 Å². The highest BCUT2D eigenvalue weighted by Gasteiger charge is 2.30. The van der Waals surface area contributed by atoms with Crippen LogP contribution in [0.5, 0.6) is 0 Å². The van der Waals surface area contributed by atoms with Gasteiger partial charge in [0.05, 0.1) is 4.90 Å². The topological polar surface area (TPSA) is 75.5 Å². The summed E-state index contributed by atoms with van der Waals surface area (Å²) in [6.45, 7) is 5.41. The van der Waals surface area contributed by atoms with E-state index >= 15 is 0 Å². The number of aromatic nitrogens is 2. The first kappa shape index (κ1) is 23.5. The Morgan fingerprint density at radius 2 is 1.73 bits per heavy atom. The second-order valence-electron chi connectivity index (χ2n) is 8.25. The van der Waals surface area contributed by atoms with E-state index < -0.39 is 10.0 Å². The first-order valence-electron chi connectivity index (χ1n) is 10.9.